The zero-order valence-electron chi connectivity index (χ0n) is 14.2. The average molecular weight is 327 g/mol. The van der Waals surface area contributed by atoms with Gasteiger partial charge in [0.15, 0.2) is 0 Å². The van der Waals surface area contributed by atoms with E-state index < -0.39 is 6.03 Å². The first kappa shape index (κ1) is 16.8. The van der Waals surface area contributed by atoms with Crippen LogP contribution in [0.4, 0.5) is 11.4 Å². The maximum Gasteiger partial charge on any atom is 0.338 e. The Balaban J connectivity index is 1.74. The van der Waals surface area contributed by atoms with Gasteiger partial charge in [0.25, 0.3) is 0 Å². The molecule has 24 heavy (non-hydrogen) atoms. The van der Waals surface area contributed by atoms with Crippen molar-refractivity contribution in [1.29, 1.82) is 0 Å². The summed E-state index contributed by atoms with van der Waals surface area (Å²) >= 11 is 0. The highest BCUT2D eigenvalue weighted by Gasteiger charge is 2.42. The van der Waals surface area contributed by atoms with Gasteiger partial charge in [-0.05, 0) is 44.8 Å². The Hall–Kier alpha value is -2.08. The Morgan fingerprint density at radius 2 is 1.50 bits per heavy atom. The number of para-hydroxylation sites is 2. The monoisotopic (exact) mass is 327 g/mol. The molecule has 5 nitrogen and oxygen atoms in total. The molecule has 0 saturated carbocycles. The van der Waals surface area contributed by atoms with Crippen molar-refractivity contribution in [2.45, 2.75) is 18.6 Å². The third-order valence-corrected chi connectivity index (χ3v) is 3.87. The summed E-state index contributed by atoms with van der Waals surface area (Å²) < 4.78 is 12.3. The molecule has 1 heterocycles. The Kier molecular flexibility index (Phi) is 5.35. The van der Waals surface area contributed by atoms with E-state index in [1.165, 1.54) is 0 Å². The van der Waals surface area contributed by atoms with E-state index in [4.69, 9.17) is 9.47 Å². The third-order valence-electron chi connectivity index (χ3n) is 3.87. The zero-order valence-corrected chi connectivity index (χ0v) is 14.2. The first-order valence-electron chi connectivity index (χ1n) is 8.28. The SMILES string of the molecule is CN(C)CCC1COC(Nc2ccccc2)(Nc2ccccc2)O1. The summed E-state index contributed by atoms with van der Waals surface area (Å²) in [5.41, 5.74) is 1.88. The first-order valence-corrected chi connectivity index (χ1v) is 8.28. The largest absolute Gasteiger partial charge is 0.338 e. The van der Waals surface area contributed by atoms with Crippen LogP contribution in [0.25, 0.3) is 0 Å². The molecule has 5 heteroatoms. The van der Waals surface area contributed by atoms with Crippen LogP contribution in [0.2, 0.25) is 0 Å². The average Bonchev–Trinajstić information content (AvgIpc) is 2.97. The first-order chi connectivity index (χ1) is 11.7. The molecule has 1 saturated heterocycles. The van der Waals surface area contributed by atoms with Crippen molar-refractivity contribution in [3.8, 4) is 0 Å². The number of hydrogen-bond acceptors (Lipinski definition) is 5. The fraction of sp³-hybridized carbons (Fsp3) is 0.368. The Bertz CT molecular complexity index is 578. The maximum atomic E-state index is 6.24. The Morgan fingerprint density at radius 1 is 0.958 bits per heavy atom. The molecule has 2 aromatic carbocycles. The molecular weight excluding hydrogens is 302 g/mol. The molecule has 0 aromatic heterocycles. The lowest BCUT2D eigenvalue weighted by atomic mass is 10.2. The van der Waals surface area contributed by atoms with E-state index in [0.29, 0.717) is 6.61 Å². The molecule has 0 radical (unpaired) electrons. The van der Waals surface area contributed by atoms with Gasteiger partial charge in [0, 0.05) is 17.9 Å². The lowest BCUT2D eigenvalue weighted by molar-refractivity contribution is -0.123. The van der Waals surface area contributed by atoms with Gasteiger partial charge in [0.05, 0.1) is 12.7 Å². The second-order valence-corrected chi connectivity index (χ2v) is 6.24. The summed E-state index contributed by atoms with van der Waals surface area (Å²) in [6.07, 6.45) is 0.960. The van der Waals surface area contributed by atoms with Gasteiger partial charge in [-0.15, -0.1) is 0 Å². The van der Waals surface area contributed by atoms with Crippen LogP contribution in [-0.4, -0.2) is 44.3 Å². The second-order valence-electron chi connectivity index (χ2n) is 6.24. The van der Waals surface area contributed by atoms with Crippen LogP contribution < -0.4 is 10.6 Å². The van der Waals surface area contributed by atoms with Crippen molar-refractivity contribution in [3.63, 3.8) is 0 Å². The van der Waals surface area contributed by atoms with E-state index in [9.17, 15) is 0 Å². The molecule has 1 aliphatic rings. The van der Waals surface area contributed by atoms with Crippen molar-refractivity contribution in [1.82, 2.24) is 4.90 Å². The molecule has 1 atom stereocenters. The molecule has 0 amide bonds. The molecule has 1 unspecified atom stereocenters. The molecule has 1 aliphatic heterocycles. The lowest BCUT2D eigenvalue weighted by Gasteiger charge is -2.31. The maximum absolute atomic E-state index is 6.24. The predicted molar refractivity (Wildman–Crippen MR) is 96.9 cm³/mol. The van der Waals surface area contributed by atoms with E-state index >= 15 is 0 Å². The fourth-order valence-corrected chi connectivity index (χ4v) is 2.64. The van der Waals surface area contributed by atoms with Crippen molar-refractivity contribution in [3.05, 3.63) is 60.7 Å². The molecule has 0 bridgehead atoms. The summed E-state index contributed by atoms with van der Waals surface area (Å²) in [5.74, 6) is 0. The van der Waals surface area contributed by atoms with E-state index in [1.807, 2.05) is 60.7 Å². The third kappa shape index (κ3) is 4.47. The minimum atomic E-state index is -1.06. The summed E-state index contributed by atoms with van der Waals surface area (Å²) in [6, 6.07) is 18.8. The molecular formula is C19H25N3O2. The Morgan fingerprint density at radius 3 is 2.00 bits per heavy atom. The number of nitrogens with one attached hydrogen (secondary N) is 2. The summed E-state index contributed by atoms with van der Waals surface area (Å²) in [7, 11) is 4.13. The number of benzene rings is 2. The molecule has 1 fully saturated rings. The zero-order chi connectivity index (χ0) is 16.8. The minimum Gasteiger partial charge on any atom is -0.316 e. The van der Waals surface area contributed by atoms with Crippen LogP contribution in [0, 0.1) is 0 Å². The Labute approximate surface area is 143 Å². The van der Waals surface area contributed by atoms with Gasteiger partial charge in [-0.3, -0.25) is 0 Å². The standard InChI is InChI=1S/C19H25N3O2/c1-22(2)14-13-18-15-23-19(24-18,20-16-9-5-3-6-10-16)21-17-11-7-4-8-12-17/h3-12,18,20-21H,13-15H2,1-2H3. The van der Waals surface area contributed by atoms with Crippen molar-refractivity contribution in [2.75, 3.05) is 37.9 Å². The van der Waals surface area contributed by atoms with Crippen molar-refractivity contribution < 1.29 is 9.47 Å². The number of anilines is 2. The molecule has 3 rings (SSSR count). The number of ether oxygens (including phenoxy) is 2. The highest BCUT2D eigenvalue weighted by atomic mass is 16.8. The van der Waals surface area contributed by atoms with E-state index in [-0.39, 0.29) is 6.10 Å². The summed E-state index contributed by atoms with van der Waals surface area (Å²) in [4.78, 5) is 2.15. The number of nitrogens with zero attached hydrogens (tertiary/aromatic N) is 1. The molecule has 2 N–H and O–H groups in total. The van der Waals surface area contributed by atoms with Gasteiger partial charge < -0.3 is 25.0 Å². The number of rotatable bonds is 7. The highest BCUT2D eigenvalue weighted by molar-refractivity contribution is 5.50. The van der Waals surface area contributed by atoms with E-state index in [2.05, 4.69) is 29.6 Å². The van der Waals surface area contributed by atoms with Gasteiger partial charge in [0.2, 0.25) is 0 Å². The van der Waals surface area contributed by atoms with E-state index in [1.54, 1.807) is 0 Å². The minimum absolute atomic E-state index is 0.0415. The fourth-order valence-electron chi connectivity index (χ4n) is 2.64. The van der Waals surface area contributed by atoms with Crippen molar-refractivity contribution >= 4 is 11.4 Å². The molecule has 0 aliphatic carbocycles. The van der Waals surface area contributed by atoms with Crippen LogP contribution in [0.15, 0.2) is 60.7 Å². The predicted octanol–water partition coefficient (Wildman–Crippen LogP) is 3.19. The van der Waals surface area contributed by atoms with Crippen LogP contribution in [0.3, 0.4) is 0 Å². The van der Waals surface area contributed by atoms with Crippen LogP contribution in [-0.2, 0) is 9.47 Å². The summed E-state index contributed by atoms with van der Waals surface area (Å²) in [5, 5.41) is 6.70. The molecule has 2 aromatic rings. The van der Waals surface area contributed by atoms with Gasteiger partial charge in [-0.2, -0.15) is 0 Å². The van der Waals surface area contributed by atoms with Crippen LogP contribution in [0.1, 0.15) is 6.42 Å². The smallest absolute Gasteiger partial charge is 0.316 e. The highest BCUT2D eigenvalue weighted by Crippen LogP contribution is 2.29. The second kappa shape index (κ2) is 7.66. The van der Waals surface area contributed by atoms with Crippen LogP contribution in [0.5, 0.6) is 0 Å². The number of hydrogen-bond donors (Lipinski definition) is 2. The van der Waals surface area contributed by atoms with Crippen LogP contribution >= 0.6 is 0 Å². The van der Waals surface area contributed by atoms with E-state index in [0.717, 1.165) is 24.3 Å². The quantitative estimate of drug-likeness (QED) is 0.765. The van der Waals surface area contributed by atoms with Gasteiger partial charge in [0.1, 0.15) is 0 Å². The van der Waals surface area contributed by atoms with Gasteiger partial charge in [-0.25, -0.2) is 0 Å². The molecule has 0 spiro atoms. The molecule has 128 valence electrons. The van der Waals surface area contributed by atoms with Gasteiger partial charge >= 0.3 is 6.03 Å². The summed E-state index contributed by atoms with van der Waals surface area (Å²) in [6.45, 7) is 1.51. The topological polar surface area (TPSA) is 45.8 Å². The lowest BCUT2D eigenvalue weighted by Crippen LogP contribution is -2.48. The van der Waals surface area contributed by atoms with Crippen molar-refractivity contribution in [2.24, 2.45) is 0 Å². The van der Waals surface area contributed by atoms with Gasteiger partial charge in [-0.1, -0.05) is 36.4 Å². The normalized spacial score (nSPS) is 19.4.